The quantitative estimate of drug-likeness (QED) is 0.299. The predicted octanol–water partition coefficient (Wildman–Crippen LogP) is 6.54. The molecule has 2 aromatic carbocycles. The molecule has 0 saturated heterocycles. The Hall–Kier alpha value is -3.32. The van der Waals surface area contributed by atoms with Crippen molar-refractivity contribution in [3.63, 3.8) is 0 Å². The van der Waals surface area contributed by atoms with E-state index >= 15 is 0 Å². The Balaban J connectivity index is 1.56. The summed E-state index contributed by atoms with van der Waals surface area (Å²) in [4.78, 5) is 12.8. The smallest absolute Gasteiger partial charge is 0.234 e. The van der Waals surface area contributed by atoms with Crippen LogP contribution in [0.15, 0.2) is 64.4 Å². The van der Waals surface area contributed by atoms with Crippen LogP contribution in [0.3, 0.4) is 0 Å². The number of thioether (sulfide) groups is 1. The summed E-state index contributed by atoms with van der Waals surface area (Å²) in [6.45, 7) is 13.2. The lowest BCUT2D eigenvalue weighted by molar-refractivity contribution is -0.113. The van der Waals surface area contributed by atoms with Crippen LogP contribution in [0.2, 0.25) is 0 Å². The largest absolute Gasteiger partial charge is 0.467 e. The van der Waals surface area contributed by atoms with Gasteiger partial charge in [-0.15, -0.1) is 10.2 Å². The Morgan fingerprint density at radius 2 is 1.71 bits per heavy atom. The van der Waals surface area contributed by atoms with Gasteiger partial charge in [-0.25, -0.2) is 0 Å². The molecule has 0 fully saturated rings. The van der Waals surface area contributed by atoms with Gasteiger partial charge in [0.2, 0.25) is 5.91 Å². The summed E-state index contributed by atoms with van der Waals surface area (Å²) in [5, 5.41) is 12.6. The molecule has 1 N–H and O–H groups in total. The van der Waals surface area contributed by atoms with Crippen molar-refractivity contribution in [1.29, 1.82) is 0 Å². The number of amides is 1. The van der Waals surface area contributed by atoms with E-state index in [1.807, 2.05) is 30.5 Å². The highest BCUT2D eigenvalue weighted by atomic mass is 32.2. The van der Waals surface area contributed by atoms with Gasteiger partial charge < -0.3 is 9.73 Å². The average molecular weight is 489 g/mol. The molecule has 1 amide bonds. The lowest BCUT2D eigenvalue weighted by Crippen LogP contribution is -2.16. The van der Waals surface area contributed by atoms with Crippen LogP contribution >= 0.6 is 11.8 Å². The van der Waals surface area contributed by atoms with E-state index in [2.05, 4.69) is 79.6 Å². The number of aromatic nitrogens is 3. The van der Waals surface area contributed by atoms with Gasteiger partial charge in [-0.05, 0) is 55.0 Å². The lowest BCUT2D eigenvalue weighted by atomic mass is 9.87. The van der Waals surface area contributed by atoms with Gasteiger partial charge >= 0.3 is 0 Å². The van der Waals surface area contributed by atoms with E-state index in [-0.39, 0.29) is 17.1 Å². The van der Waals surface area contributed by atoms with Crippen LogP contribution in [0.25, 0.3) is 11.4 Å². The van der Waals surface area contributed by atoms with E-state index in [4.69, 9.17) is 4.42 Å². The number of aryl methyl sites for hydroxylation is 3. The number of rotatable bonds is 7. The maximum Gasteiger partial charge on any atom is 0.234 e. The normalized spacial score (nSPS) is 11.6. The molecule has 2 aromatic heterocycles. The number of hydrogen-bond acceptors (Lipinski definition) is 5. The van der Waals surface area contributed by atoms with Crippen molar-refractivity contribution in [3.05, 3.63) is 82.8 Å². The van der Waals surface area contributed by atoms with Crippen molar-refractivity contribution >= 4 is 23.4 Å². The van der Waals surface area contributed by atoms with Gasteiger partial charge in [0.05, 0.1) is 18.6 Å². The second-order valence-electron chi connectivity index (χ2n) is 9.91. The standard InChI is InChI=1S/C28H32N4O2S/c1-18-14-19(2)25(20(3)15-18)29-24(33)17-35-27-31-30-26(32(27)16-23-8-7-13-34-23)21-9-11-22(12-10-21)28(4,5)6/h7-15H,16-17H2,1-6H3,(H,29,33). The minimum absolute atomic E-state index is 0.0723. The minimum atomic E-state index is -0.0753. The minimum Gasteiger partial charge on any atom is -0.467 e. The number of anilines is 1. The van der Waals surface area contributed by atoms with E-state index in [0.717, 1.165) is 34.0 Å². The number of benzene rings is 2. The molecule has 35 heavy (non-hydrogen) atoms. The maximum atomic E-state index is 12.8. The Morgan fingerprint density at radius 1 is 1.03 bits per heavy atom. The number of furan rings is 1. The molecule has 4 aromatic rings. The van der Waals surface area contributed by atoms with Crippen molar-refractivity contribution < 1.29 is 9.21 Å². The maximum absolute atomic E-state index is 12.8. The number of hydrogen-bond donors (Lipinski definition) is 1. The molecule has 0 aliphatic rings. The van der Waals surface area contributed by atoms with E-state index in [1.54, 1.807) is 6.26 Å². The predicted molar refractivity (Wildman–Crippen MR) is 142 cm³/mol. The van der Waals surface area contributed by atoms with Crippen molar-refractivity contribution in [2.24, 2.45) is 0 Å². The first-order valence-electron chi connectivity index (χ1n) is 11.7. The van der Waals surface area contributed by atoms with Gasteiger partial charge in [0.15, 0.2) is 11.0 Å². The number of carbonyl (C=O) groups is 1. The fourth-order valence-electron chi connectivity index (χ4n) is 4.11. The summed E-state index contributed by atoms with van der Waals surface area (Å²) in [5.74, 6) is 1.70. The molecule has 0 bridgehead atoms. The average Bonchev–Trinajstić information content (AvgIpc) is 3.45. The lowest BCUT2D eigenvalue weighted by Gasteiger charge is -2.19. The SMILES string of the molecule is Cc1cc(C)c(NC(=O)CSc2nnc(-c3ccc(C(C)(C)C)cc3)n2Cc2ccco2)c(C)c1. The summed E-state index contributed by atoms with van der Waals surface area (Å²) in [6.07, 6.45) is 1.66. The molecule has 0 atom stereocenters. The highest BCUT2D eigenvalue weighted by molar-refractivity contribution is 7.99. The van der Waals surface area contributed by atoms with Crippen molar-refractivity contribution in [2.45, 2.75) is 58.7 Å². The Labute approximate surface area is 211 Å². The van der Waals surface area contributed by atoms with Crippen LogP contribution in [-0.4, -0.2) is 26.4 Å². The molecule has 0 unspecified atom stereocenters. The molecule has 0 aliphatic heterocycles. The van der Waals surface area contributed by atoms with Gasteiger partial charge in [0.25, 0.3) is 0 Å². The first-order chi connectivity index (χ1) is 16.6. The zero-order valence-electron chi connectivity index (χ0n) is 21.2. The molecule has 4 rings (SSSR count). The summed E-state index contributed by atoms with van der Waals surface area (Å²) in [5.41, 5.74) is 6.47. The van der Waals surface area contributed by atoms with Gasteiger partial charge in [-0.2, -0.15) is 0 Å². The van der Waals surface area contributed by atoms with Crippen molar-refractivity contribution in [2.75, 3.05) is 11.1 Å². The highest BCUT2D eigenvalue weighted by Gasteiger charge is 2.19. The molecule has 182 valence electrons. The Morgan fingerprint density at radius 3 is 2.31 bits per heavy atom. The van der Waals surface area contributed by atoms with Crippen LogP contribution in [0, 0.1) is 20.8 Å². The van der Waals surface area contributed by atoms with E-state index in [9.17, 15) is 4.79 Å². The molecule has 0 saturated carbocycles. The second-order valence-corrected chi connectivity index (χ2v) is 10.9. The van der Waals surface area contributed by atoms with Gasteiger partial charge in [-0.1, -0.05) is 74.5 Å². The third kappa shape index (κ3) is 5.85. The zero-order chi connectivity index (χ0) is 25.2. The topological polar surface area (TPSA) is 73.0 Å². The molecule has 6 nitrogen and oxygen atoms in total. The van der Waals surface area contributed by atoms with Crippen LogP contribution < -0.4 is 5.32 Å². The molecular formula is C28H32N4O2S. The van der Waals surface area contributed by atoms with Crippen LogP contribution in [0.4, 0.5) is 5.69 Å². The molecule has 0 spiro atoms. The van der Waals surface area contributed by atoms with Crippen LogP contribution in [-0.2, 0) is 16.8 Å². The van der Waals surface area contributed by atoms with Crippen molar-refractivity contribution in [1.82, 2.24) is 14.8 Å². The molecule has 2 heterocycles. The van der Waals surface area contributed by atoms with Gasteiger partial charge in [0.1, 0.15) is 5.76 Å². The first kappa shape index (κ1) is 24.8. The molecule has 7 heteroatoms. The van der Waals surface area contributed by atoms with E-state index in [1.165, 1.54) is 22.9 Å². The fraction of sp³-hybridized carbons (Fsp3) is 0.321. The number of nitrogens with one attached hydrogen (secondary N) is 1. The number of carbonyl (C=O) groups excluding carboxylic acids is 1. The summed E-state index contributed by atoms with van der Waals surface area (Å²) in [6, 6.07) is 16.4. The molecule has 0 radical (unpaired) electrons. The van der Waals surface area contributed by atoms with E-state index in [0.29, 0.717) is 11.7 Å². The first-order valence-corrected chi connectivity index (χ1v) is 12.7. The van der Waals surface area contributed by atoms with Gasteiger partial charge in [0, 0.05) is 11.3 Å². The molecule has 0 aliphatic carbocycles. The third-order valence-electron chi connectivity index (χ3n) is 5.89. The van der Waals surface area contributed by atoms with Gasteiger partial charge in [-0.3, -0.25) is 9.36 Å². The van der Waals surface area contributed by atoms with Crippen LogP contribution in [0.5, 0.6) is 0 Å². The number of nitrogens with zero attached hydrogens (tertiary/aromatic N) is 3. The van der Waals surface area contributed by atoms with E-state index < -0.39 is 0 Å². The molecular weight excluding hydrogens is 456 g/mol. The monoisotopic (exact) mass is 488 g/mol. The van der Waals surface area contributed by atoms with Crippen LogP contribution in [0.1, 0.15) is 48.8 Å². The highest BCUT2D eigenvalue weighted by Crippen LogP contribution is 2.29. The summed E-state index contributed by atoms with van der Waals surface area (Å²) >= 11 is 1.37. The summed E-state index contributed by atoms with van der Waals surface area (Å²) < 4.78 is 7.60. The Bertz CT molecular complexity index is 1290. The second kappa shape index (κ2) is 10.1. The third-order valence-corrected chi connectivity index (χ3v) is 6.86. The summed E-state index contributed by atoms with van der Waals surface area (Å²) in [7, 11) is 0. The zero-order valence-corrected chi connectivity index (χ0v) is 22.0. The fourth-order valence-corrected chi connectivity index (χ4v) is 4.85. The Kier molecular flexibility index (Phi) is 7.17. The van der Waals surface area contributed by atoms with Crippen molar-refractivity contribution in [3.8, 4) is 11.4 Å².